The average molecular weight is 377 g/mol. The largest absolute Gasteiger partial charge is 0.457 e. The lowest BCUT2D eigenvalue weighted by Crippen LogP contribution is -2.27. The van der Waals surface area contributed by atoms with Gasteiger partial charge in [-0.1, -0.05) is 24.3 Å². The quantitative estimate of drug-likeness (QED) is 0.713. The molecule has 1 aromatic heterocycles. The van der Waals surface area contributed by atoms with Crippen LogP contribution in [-0.4, -0.2) is 33.8 Å². The van der Waals surface area contributed by atoms with Gasteiger partial charge >= 0.3 is 0 Å². The van der Waals surface area contributed by atoms with Gasteiger partial charge in [0.25, 0.3) is 5.91 Å². The Balaban J connectivity index is 1.46. The predicted molar refractivity (Wildman–Crippen MR) is 107 cm³/mol. The highest BCUT2D eigenvalue weighted by Gasteiger charge is 2.21. The normalized spacial score (nSPS) is 14.6. The Bertz CT molecular complexity index is 948. The minimum Gasteiger partial charge on any atom is -0.457 e. The molecule has 0 bridgehead atoms. The van der Waals surface area contributed by atoms with Gasteiger partial charge < -0.3 is 10.1 Å². The van der Waals surface area contributed by atoms with Crippen LogP contribution >= 0.6 is 0 Å². The number of amides is 1. The van der Waals surface area contributed by atoms with E-state index >= 15 is 0 Å². The summed E-state index contributed by atoms with van der Waals surface area (Å²) in [6.45, 7) is 1.94. The summed E-state index contributed by atoms with van der Waals surface area (Å²) in [5, 5.41) is 10.7. The zero-order chi connectivity index (χ0) is 19.3. The van der Waals surface area contributed by atoms with E-state index in [1.54, 1.807) is 29.9 Å². The van der Waals surface area contributed by atoms with Crippen LogP contribution < -0.4 is 15.4 Å². The topological polar surface area (TPSA) is 81.1 Å². The molecule has 1 aliphatic heterocycles. The molecule has 0 aliphatic carbocycles. The van der Waals surface area contributed by atoms with Crippen LogP contribution in [-0.2, 0) is 7.05 Å². The molecule has 1 saturated heterocycles. The first-order valence-corrected chi connectivity index (χ1v) is 9.45. The summed E-state index contributed by atoms with van der Waals surface area (Å²) in [4.78, 5) is 17.2. The van der Waals surface area contributed by atoms with Gasteiger partial charge in [0, 0.05) is 18.5 Å². The minimum atomic E-state index is -0.245. The highest BCUT2D eigenvalue weighted by atomic mass is 16.5. The van der Waals surface area contributed by atoms with E-state index < -0.39 is 0 Å². The molecule has 1 fully saturated rings. The van der Waals surface area contributed by atoms with Crippen molar-refractivity contribution in [2.75, 3.05) is 18.4 Å². The summed E-state index contributed by atoms with van der Waals surface area (Å²) in [6, 6.07) is 16.5. The Morgan fingerprint density at radius 2 is 1.86 bits per heavy atom. The lowest BCUT2D eigenvalue weighted by atomic mass is 9.98. The van der Waals surface area contributed by atoms with E-state index in [0.29, 0.717) is 23.2 Å². The second kappa shape index (κ2) is 8.22. The Labute approximate surface area is 163 Å². The molecule has 3 aromatic rings. The maximum atomic E-state index is 12.7. The number of ether oxygens (including phenoxy) is 1. The van der Waals surface area contributed by atoms with Gasteiger partial charge in [0.15, 0.2) is 5.82 Å². The minimum absolute atomic E-state index is 0.245. The van der Waals surface area contributed by atoms with E-state index in [9.17, 15) is 4.79 Å². The van der Waals surface area contributed by atoms with Gasteiger partial charge in [-0.25, -0.2) is 4.68 Å². The zero-order valence-electron chi connectivity index (χ0n) is 15.8. The summed E-state index contributed by atoms with van der Waals surface area (Å²) < 4.78 is 7.43. The lowest BCUT2D eigenvalue weighted by molar-refractivity contribution is 0.102. The third-order valence-corrected chi connectivity index (χ3v) is 4.78. The number of anilines is 1. The summed E-state index contributed by atoms with van der Waals surface area (Å²) in [5.74, 6) is 2.66. The van der Waals surface area contributed by atoms with Crippen LogP contribution in [0.3, 0.4) is 0 Å². The fourth-order valence-electron chi connectivity index (χ4n) is 3.27. The van der Waals surface area contributed by atoms with Crippen molar-refractivity contribution in [3.8, 4) is 11.5 Å². The van der Waals surface area contributed by atoms with Crippen molar-refractivity contribution in [2.24, 2.45) is 7.05 Å². The van der Waals surface area contributed by atoms with E-state index in [2.05, 4.69) is 20.7 Å². The summed E-state index contributed by atoms with van der Waals surface area (Å²) in [5.41, 5.74) is 0.500. The number of nitrogens with zero attached hydrogens (tertiary/aromatic N) is 3. The second-order valence-corrected chi connectivity index (χ2v) is 6.84. The van der Waals surface area contributed by atoms with Crippen molar-refractivity contribution in [3.05, 3.63) is 66.0 Å². The number of carbonyl (C=O) groups excluding carboxylic acids is 1. The molecule has 4 rings (SSSR count). The van der Waals surface area contributed by atoms with E-state index in [-0.39, 0.29) is 5.91 Å². The monoisotopic (exact) mass is 377 g/mol. The van der Waals surface area contributed by atoms with Crippen molar-refractivity contribution >= 4 is 11.9 Å². The van der Waals surface area contributed by atoms with Crippen molar-refractivity contribution in [1.82, 2.24) is 20.1 Å². The fraction of sp³-hybridized carbons (Fsp3) is 0.286. The van der Waals surface area contributed by atoms with Gasteiger partial charge in [0.1, 0.15) is 11.5 Å². The number of nitrogens with one attached hydrogen (secondary N) is 2. The van der Waals surface area contributed by atoms with Gasteiger partial charge in [0.2, 0.25) is 5.95 Å². The maximum Gasteiger partial charge on any atom is 0.258 e. The van der Waals surface area contributed by atoms with E-state index in [0.717, 1.165) is 37.5 Å². The van der Waals surface area contributed by atoms with Gasteiger partial charge in [-0.3, -0.25) is 10.1 Å². The van der Waals surface area contributed by atoms with Gasteiger partial charge in [-0.15, -0.1) is 0 Å². The molecule has 2 N–H and O–H groups in total. The molecule has 144 valence electrons. The van der Waals surface area contributed by atoms with E-state index in [1.165, 1.54) is 0 Å². The van der Waals surface area contributed by atoms with Crippen molar-refractivity contribution in [2.45, 2.75) is 18.8 Å². The van der Waals surface area contributed by atoms with Crippen molar-refractivity contribution in [1.29, 1.82) is 0 Å². The van der Waals surface area contributed by atoms with E-state index in [1.807, 2.05) is 36.4 Å². The molecule has 2 aromatic carbocycles. The molecular formula is C21H23N5O2. The van der Waals surface area contributed by atoms with Crippen LogP contribution in [0.15, 0.2) is 54.6 Å². The molecule has 0 spiro atoms. The Kier molecular flexibility index (Phi) is 5.34. The first-order chi connectivity index (χ1) is 13.7. The summed E-state index contributed by atoms with van der Waals surface area (Å²) in [7, 11) is 1.79. The summed E-state index contributed by atoms with van der Waals surface area (Å²) >= 11 is 0. The number of rotatable bonds is 5. The lowest BCUT2D eigenvalue weighted by Gasteiger charge is -2.19. The molecule has 28 heavy (non-hydrogen) atoms. The number of aromatic nitrogens is 3. The van der Waals surface area contributed by atoms with Crippen molar-refractivity contribution in [3.63, 3.8) is 0 Å². The summed E-state index contributed by atoms with van der Waals surface area (Å²) in [6.07, 6.45) is 2.02. The van der Waals surface area contributed by atoms with Gasteiger partial charge in [-0.2, -0.15) is 10.1 Å². The van der Waals surface area contributed by atoms with Crippen LogP contribution in [0.25, 0.3) is 0 Å². The van der Waals surface area contributed by atoms with Gasteiger partial charge in [-0.05, 0) is 56.3 Å². The SMILES string of the molecule is Cn1nc(C2CCNCC2)nc1NC(=O)c1cccc(Oc2ccccc2)c1. The molecule has 7 nitrogen and oxygen atoms in total. The highest BCUT2D eigenvalue weighted by molar-refractivity contribution is 6.03. The van der Waals surface area contributed by atoms with Gasteiger partial charge in [0.05, 0.1) is 0 Å². The molecule has 7 heteroatoms. The number of hydrogen-bond acceptors (Lipinski definition) is 5. The van der Waals surface area contributed by atoms with Crippen LogP contribution in [0.4, 0.5) is 5.95 Å². The molecule has 0 unspecified atom stereocenters. The van der Waals surface area contributed by atoms with Crippen LogP contribution in [0.1, 0.15) is 34.9 Å². The molecule has 2 heterocycles. The smallest absolute Gasteiger partial charge is 0.258 e. The molecular weight excluding hydrogens is 354 g/mol. The van der Waals surface area contributed by atoms with Crippen molar-refractivity contribution < 1.29 is 9.53 Å². The average Bonchev–Trinajstić information content (AvgIpc) is 3.10. The Morgan fingerprint density at radius 1 is 1.11 bits per heavy atom. The second-order valence-electron chi connectivity index (χ2n) is 6.84. The first-order valence-electron chi connectivity index (χ1n) is 9.45. The predicted octanol–water partition coefficient (Wildman–Crippen LogP) is 3.33. The number of para-hydroxylation sites is 1. The first kappa shape index (κ1) is 18.2. The van der Waals surface area contributed by atoms with E-state index in [4.69, 9.17) is 4.74 Å². The molecule has 0 radical (unpaired) electrons. The van der Waals surface area contributed by atoms with Crippen LogP contribution in [0.2, 0.25) is 0 Å². The number of hydrogen-bond donors (Lipinski definition) is 2. The highest BCUT2D eigenvalue weighted by Crippen LogP contribution is 2.24. The van der Waals surface area contributed by atoms with Crippen LogP contribution in [0.5, 0.6) is 11.5 Å². The maximum absolute atomic E-state index is 12.7. The molecule has 0 saturated carbocycles. The van der Waals surface area contributed by atoms with Crippen LogP contribution in [0, 0.1) is 0 Å². The Morgan fingerprint density at radius 3 is 2.64 bits per heavy atom. The number of carbonyl (C=O) groups is 1. The Hall–Kier alpha value is -3.19. The zero-order valence-corrected chi connectivity index (χ0v) is 15.8. The number of aryl methyl sites for hydroxylation is 1. The number of piperidine rings is 1. The third-order valence-electron chi connectivity index (χ3n) is 4.78. The third kappa shape index (κ3) is 4.20. The molecule has 1 aliphatic rings. The number of benzene rings is 2. The molecule has 0 atom stereocenters. The fourth-order valence-corrected chi connectivity index (χ4v) is 3.27. The standard InChI is InChI=1S/C21H23N5O2/c1-26-21(23-19(25-26)15-10-12-22-13-11-15)24-20(27)16-6-5-9-18(14-16)28-17-7-3-2-4-8-17/h2-9,14-15,22H,10-13H2,1H3,(H,23,24,25,27). The molecule has 1 amide bonds.